The monoisotopic (exact) mass is 484 g/mol. The molecule has 34 heavy (non-hydrogen) atoms. The first-order valence-corrected chi connectivity index (χ1v) is 9.32. The summed E-state index contributed by atoms with van der Waals surface area (Å²) in [4.78, 5) is 21.9. The molecule has 0 spiro atoms. The molecule has 3 rings (SSSR count). The molecule has 0 aliphatic heterocycles. The number of hydrogen-bond donors (Lipinski definition) is 2. The molecule has 0 fully saturated rings. The average Bonchev–Trinajstić information content (AvgIpc) is 2.76. The highest BCUT2D eigenvalue weighted by atomic mass is 19.4. The molecule has 0 bridgehead atoms. The number of alkyl halides is 6. The molecule has 2 N–H and O–H groups in total. The minimum atomic E-state index is -5.00. The first-order chi connectivity index (χ1) is 15.9. The standard InChI is InChI=1S/C22H14F6N2O4/c23-21(24,25)19(31)29-13-1-5-15(6-2-13)33-17-9-11-18(12-10-17)34-16-7-3-14(4-8-16)30-20(32)22(26,27)28/h1-12H,(H,29,31)(H,30,32). The first-order valence-electron chi connectivity index (χ1n) is 9.32. The van der Waals surface area contributed by atoms with Crippen LogP contribution in [0.3, 0.4) is 0 Å². The van der Waals surface area contributed by atoms with Crippen molar-refractivity contribution in [1.82, 2.24) is 0 Å². The van der Waals surface area contributed by atoms with Crippen LogP contribution in [0.5, 0.6) is 23.0 Å². The number of nitrogens with one attached hydrogen (secondary N) is 2. The van der Waals surface area contributed by atoms with Gasteiger partial charge in [0, 0.05) is 11.4 Å². The van der Waals surface area contributed by atoms with Crippen LogP contribution >= 0.6 is 0 Å². The van der Waals surface area contributed by atoms with Gasteiger partial charge in [0.15, 0.2) is 0 Å². The Balaban J connectivity index is 1.55. The molecule has 0 aliphatic rings. The number of carbonyl (C=O) groups excluding carboxylic acids is 2. The van der Waals surface area contributed by atoms with Crippen LogP contribution in [-0.2, 0) is 9.59 Å². The van der Waals surface area contributed by atoms with Gasteiger partial charge in [-0.25, -0.2) is 0 Å². The molecule has 3 aromatic rings. The van der Waals surface area contributed by atoms with Gasteiger partial charge in [-0.05, 0) is 72.8 Å². The second kappa shape index (κ2) is 9.73. The van der Waals surface area contributed by atoms with Gasteiger partial charge in [0.25, 0.3) is 0 Å². The Morgan fingerprint density at radius 3 is 0.971 bits per heavy atom. The van der Waals surface area contributed by atoms with Gasteiger partial charge in [0.1, 0.15) is 23.0 Å². The predicted molar refractivity (Wildman–Crippen MR) is 109 cm³/mol. The number of anilines is 2. The van der Waals surface area contributed by atoms with Crippen molar-refractivity contribution < 1.29 is 45.4 Å². The zero-order chi connectivity index (χ0) is 24.9. The molecule has 6 nitrogen and oxygen atoms in total. The van der Waals surface area contributed by atoms with E-state index in [1.807, 2.05) is 0 Å². The first kappa shape index (κ1) is 24.4. The zero-order valence-electron chi connectivity index (χ0n) is 16.8. The molecule has 0 saturated heterocycles. The Kier molecular flexibility index (Phi) is 6.99. The maximum atomic E-state index is 12.3. The highest BCUT2D eigenvalue weighted by Crippen LogP contribution is 2.29. The lowest BCUT2D eigenvalue weighted by atomic mass is 10.2. The summed E-state index contributed by atoms with van der Waals surface area (Å²) in [6, 6.07) is 16.7. The highest BCUT2D eigenvalue weighted by molar-refractivity contribution is 5.95. The fraction of sp³-hybridized carbons (Fsp3) is 0.0909. The second-order valence-electron chi connectivity index (χ2n) is 6.63. The summed E-state index contributed by atoms with van der Waals surface area (Å²) >= 11 is 0. The number of rotatable bonds is 6. The maximum Gasteiger partial charge on any atom is 0.471 e. The number of ether oxygens (including phenoxy) is 2. The van der Waals surface area contributed by atoms with Crippen LogP contribution in [0.25, 0.3) is 0 Å². The summed E-state index contributed by atoms with van der Waals surface area (Å²) in [6.45, 7) is 0. The zero-order valence-corrected chi connectivity index (χ0v) is 16.8. The van der Waals surface area contributed by atoms with Crippen molar-refractivity contribution in [3.63, 3.8) is 0 Å². The molecule has 3 aromatic carbocycles. The molecule has 178 valence electrons. The van der Waals surface area contributed by atoms with E-state index in [0.717, 1.165) is 0 Å². The number of carbonyl (C=O) groups is 2. The van der Waals surface area contributed by atoms with E-state index in [1.165, 1.54) is 48.5 Å². The van der Waals surface area contributed by atoms with Gasteiger partial charge in [-0.15, -0.1) is 0 Å². The molecule has 0 unspecified atom stereocenters. The molecular weight excluding hydrogens is 470 g/mol. The smallest absolute Gasteiger partial charge is 0.457 e. The van der Waals surface area contributed by atoms with E-state index >= 15 is 0 Å². The lowest BCUT2D eigenvalue weighted by Gasteiger charge is -2.11. The summed E-state index contributed by atoms with van der Waals surface area (Å²) in [5, 5.41) is 3.43. The number of hydrogen-bond acceptors (Lipinski definition) is 4. The molecule has 0 heterocycles. The quantitative estimate of drug-likeness (QED) is 0.404. The molecule has 0 aromatic heterocycles. The van der Waals surface area contributed by atoms with Gasteiger partial charge in [-0.1, -0.05) is 0 Å². The normalized spacial score (nSPS) is 11.5. The Morgan fingerprint density at radius 1 is 0.500 bits per heavy atom. The van der Waals surface area contributed by atoms with Crippen LogP contribution in [-0.4, -0.2) is 24.2 Å². The molecular formula is C22H14F6N2O4. The Morgan fingerprint density at radius 2 is 0.735 bits per heavy atom. The van der Waals surface area contributed by atoms with Crippen LogP contribution in [0.4, 0.5) is 37.7 Å². The van der Waals surface area contributed by atoms with E-state index in [9.17, 15) is 35.9 Å². The SMILES string of the molecule is O=C(Nc1ccc(Oc2ccc(Oc3ccc(NC(=O)C(F)(F)F)cc3)cc2)cc1)C(F)(F)F. The minimum absolute atomic E-state index is 0.0533. The predicted octanol–water partition coefficient (Wildman–Crippen LogP) is 6.27. The fourth-order valence-corrected chi connectivity index (χ4v) is 2.46. The summed E-state index contributed by atoms with van der Waals surface area (Å²) in [5.74, 6) is -2.81. The van der Waals surface area contributed by atoms with E-state index in [4.69, 9.17) is 9.47 Å². The van der Waals surface area contributed by atoms with Gasteiger partial charge in [-0.3, -0.25) is 9.59 Å². The van der Waals surface area contributed by atoms with Gasteiger partial charge in [-0.2, -0.15) is 26.3 Å². The largest absolute Gasteiger partial charge is 0.471 e. The highest BCUT2D eigenvalue weighted by Gasteiger charge is 2.39. The minimum Gasteiger partial charge on any atom is -0.457 e. The van der Waals surface area contributed by atoms with Crippen molar-refractivity contribution in [3.8, 4) is 23.0 Å². The summed E-state index contributed by atoms with van der Waals surface area (Å²) < 4.78 is 84.8. The molecule has 0 atom stereocenters. The van der Waals surface area contributed by atoms with Crippen LogP contribution < -0.4 is 20.1 Å². The second-order valence-corrected chi connectivity index (χ2v) is 6.63. The number of benzene rings is 3. The molecule has 0 radical (unpaired) electrons. The molecule has 2 amide bonds. The van der Waals surface area contributed by atoms with Crippen molar-refractivity contribution in [2.24, 2.45) is 0 Å². The van der Waals surface area contributed by atoms with Crippen molar-refractivity contribution >= 4 is 23.2 Å². The molecule has 12 heteroatoms. The fourth-order valence-electron chi connectivity index (χ4n) is 2.46. The van der Waals surface area contributed by atoms with Gasteiger partial charge < -0.3 is 20.1 Å². The Hall–Kier alpha value is -4.22. The number of amides is 2. The molecule has 0 aliphatic carbocycles. The van der Waals surface area contributed by atoms with Crippen molar-refractivity contribution in [2.75, 3.05) is 10.6 Å². The van der Waals surface area contributed by atoms with Crippen LogP contribution in [0.2, 0.25) is 0 Å². The Bertz CT molecular complexity index is 1050. The van der Waals surface area contributed by atoms with E-state index in [-0.39, 0.29) is 11.4 Å². The van der Waals surface area contributed by atoms with E-state index in [0.29, 0.717) is 23.0 Å². The third-order valence-electron chi connectivity index (χ3n) is 4.03. The Labute approximate surface area is 188 Å². The third kappa shape index (κ3) is 6.89. The van der Waals surface area contributed by atoms with Gasteiger partial charge in [0.05, 0.1) is 0 Å². The summed E-state index contributed by atoms with van der Waals surface area (Å²) in [5.41, 5.74) is -0.107. The molecule has 0 saturated carbocycles. The third-order valence-corrected chi connectivity index (χ3v) is 4.03. The van der Waals surface area contributed by atoms with Gasteiger partial charge in [0.2, 0.25) is 0 Å². The van der Waals surface area contributed by atoms with E-state index in [1.54, 1.807) is 34.9 Å². The van der Waals surface area contributed by atoms with Crippen LogP contribution in [0.1, 0.15) is 0 Å². The van der Waals surface area contributed by atoms with E-state index < -0.39 is 24.2 Å². The van der Waals surface area contributed by atoms with Crippen molar-refractivity contribution in [1.29, 1.82) is 0 Å². The van der Waals surface area contributed by atoms with Crippen molar-refractivity contribution in [3.05, 3.63) is 72.8 Å². The summed E-state index contributed by atoms with van der Waals surface area (Å²) in [6.07, 6.45) is -9.99. The van der Waals surface area contributed by atoms with Crippen LogP contribution in [0, 0.1) is 0 Å². The van der Waals surface area contributed by atoms with Gasteiger partial charge >= 0.3 is 24.2 Å². The topological polar surface area (TPSA) is 76.7 Å². The summed E-state index contributed by atoms with van der Waals surface area (Å²) in [7, 11) is 0. The number of halogens is 6. The maximum absolute atomic E-state index is 12.3. The lowest BCUT2D eigenvalue weighted by molar-refractivity contribution is -0.167. The average molecular weight is 484 g/mol. The van der Waals surface area contributed by atoms with Crippen LogP contribution in [0.15, 0.2) is 72.8 Å². The van der Waals surface area contributed by atoms with E-state index in [2.05, 4.69) is 0 Å². The lowest BCUT2D eigenvalue weighted by Crippen LogP contribution is -2.29. The van der Waals surface area contributed by atoms with Crippen molar-refractivity contribution in [2.45, 2.75) is 12.4 Å².